The summed E-state index contributed by atoms with van der Waals surface area (Å²) in [6.45, 7) is 1.44. The number of carbonyl (C=O) groups is 2. The molecule has 0 aliphatic carbocycles. The van der Waals surface area contributed by atoms with Crippen molar-refractivity contribution in [2.75, 3.05) is 7.11 Å². The Kier molecular flexibility index (Phi) is 4.54. The van der Waals surface area contributed by atoms with Gasteiger partial charge in [-0.2, -0.15) is 5.26 Å². The van der Waals surface area contributed by atoms with E-state index in [4.69, 9.17) is 14.7 Å². The van der Waals surface area contributed by atoms with Gasteiger partial charge in [0.1, 0.15) is 0 Å². The molecular formula is C17H13NO4. The average molecular weight is 295 g/mol. The Balaban J connectivity index is 2.28. The van der Waals surface area contributed by atoms with Crippen molar-refractivity contribution in [3.05, 3.63) is 59.2 Å². The number of methoxy groups -OCH3 is 1. The minimum Gasteiger partial charge on any atom is -0.493 e. The molecule has 5 nitrogen and oxygen atoms in total. The van der Waals surface area contributed by atoms with Gasteiger partial charge >= 0.3 is 5.97 Å². The summed E-state index contributed by atoms with van der Waals surface area (Å²) in [4.78, 5) is 23.5. The summed E-state index contributed by atoms with van der Waals surface area (Å²) in [6.07, 6.45) is 0. The van der Waals surface area contributed by atoms with Crippen LogP contribution in [0.3, 0.4) is 0 Å². The van der Waals surface area contributed by atoms with Crippen molar-refractivity contribution < 1.29 is 19.1 Å². The van der Waals surface area contributed by atoms with Crippen molar-refractivity contribution in [1.82, 2.24) is 0 Å². The summed E-state index contributed by atoms with van der Waals surface area (Å²) in [7, 11) is 1.42. The fraction of sp³-hybridized carbons (Fsp3) is 0.118. The van der Waals surface area contributed by atoms with Crippen molar-refractivity contribution >= 4 is 11.8 Å². The summed E-state index contributed by atoms with van der Waals surface area (Å²) in [5.74, 6) is -0.221. The van der Waals surface area contributed by atoms with Crippen LogP contribution in [0.4, 0.5) is 0 Å². The number of nitrogens with zero attached hydrogens (tertiary/aromatic N) is 1. The molecule has 5 heteroatoms. The fourth-order valence-electron chi connectivity index (χ4n) is 1.85. The van der Waals surface area contributed by atoms with E-state index in [-0.39, 0.29) is 22.8 Å². The lowest BCUT2D eigenvalue weighted by Crippen LogP contribution is -2.09. The molecule has 0 heterocycles. The highest BCUT2D eigenvalue weighted by molar-refractivity contribution is 5.95. The molecule has 0 aliphatic heterocycles. The number of Topliss-reactive ketones (excluding diaryl/α,β-unsaturated/α-hetero) is 1. The SMILES string of the molecule is COc1cc(C(C)=O)ccc1OC(=O)c1cccc(C#N)c1. The van der Waals surface area contributed by atoms with Crippen LogP contribution in [-0.4, -0.2) is 18.9 Å². The molecule has 0 radical (unpaired) electrons. The molecule has 22 heavy (non-hydrogen) atoms. The Bertz CT molecular complexity index is 774. The Labute approximate surface area is 127 Å². The largest absolute Gasteiger partial charge is 0.493 e. The lowest BCUT2D eigenvalue weighted by molar-refractivity contribution is 0.0729. The average Bonchev–Trinajstić information content (AvgIpc) is 2.54. The number of nitriles is 1. The molecule has 0 aliphatic rings. The quantitative estimate of drug-likeness (QED) is 0.492. The summed E-state index contributed by atoms with van der Waals surface area (Å²) in [5, 5.41) is 8.84. The highest BCUT2D eigenvalue weighted by atomic mass is 16.6. The molecule has 0 N–H and O–H groups in total. The van der Waals surface area contributed by atoms with Gasteiger partial charge in [0, 0.05) is 5.56 Å². The third kappa shape index (κ3) is 3.30. The van der Waals surface area contributed by atoms with Gasteiger partial charge in [-0.15, -0.1) is 0 Å². The first kappa shape index (κ1) is 15.3. The first-order chi connectivity index (χ1) is 10.5. The first-order valence-corrected chi connectivity index (χ1v) is 6.46. The van der Waals surface area contributed by atoms with Crippen LogP contribution in [0.15, 0.2) is 42.5 Å². The lowest BCUT2D eigenvalue weighted by Gasteiger charge is -2.10. The molecule has 0 fully saturated rings. The Hall–Kier alpha value is -3.13. The van der Waals surface area contributed by atoms with Gasteiger partial charge in [0.25, 0.3) is 0 Å². The van der Waals surface area contributed by atoms with Crippen LogP contribution in [0.25, 0.3) is 0 Å². The van der Waals surface area contributed by atoms with Crippen LogP contribution in [0.5, 0.6) is 11.5 Å². The van der Waals surface area contributed by atoms with Crippen LogP contribution in [-0.2, 0) is 0 Å². The lowest BCUT2D eigenvalue weighted by atomic mass is 10.1. The predicted molar refractivity (Wildman–Crippen MR) is 79.1 cm³/mol. The van der Waals surface area contributed by atoms with E-state index in [2.05, 4.69) is 0 Å². The highest BCUT2D eigenvalue weighted by Crippen LogP contribution is 2.29. The van der Waals surface area contributed by atoms with Crippen molar-refractivity contribution in [1.29, 1.82) is 5.26 Å². The number of carbonyl (C=O) groups excluding carboxylic acids is 2. The van der Waals surface area contributed by atoms with Gasteiger partial charge in [-0.1, -0.05) is 6.07 Å². The van der Waals surface area contributed by atoms with Crippen LogP contribution >= 0.6 is 0 Å². The molecule has 0 aromatic heterocycles. The van der Waals surface area contributed by atoms with Crippen molar-refractivity contribution in [2.24, 2.45) is 0 Å². The molecule has 0 atom stereocenters. The molecule has 2 aromatic rings. The standard InChI is InChI=1S/C17H13NO4/c1-11(19)13-6-7-15(16(9-13)21-2)22-17(20)14-5-3-4-12(8-14)10-18/h3-9H,1-2H3. The third-order valence-electron chi connectivity index (χ3n) is 3.00. The van der Waals surface area contributed by atoms with Gasteiger partial charge in [0.05, 0.1) is 24.3 Å². The predicted octanol–water partition coefficient (Wildman–Crippen LogP) is 2.99. The zero-order valence-electron chi connectivity index (χ0n) is 12.1. The second kappa shape index (κ2) is 6.55. The van der Waals surface area contributed by atoms with E-state index >= 15 is 0 Å². The molecule has 110 valence electrons. The molecular weight excluding hydrogens is 282 g/mol. The highest BCUT2D eigenvalue weighted by Gasteiger charge is 2.14. The molecule has 0 saturated heterocycles. The van der Waals surface area contributed by atoms with Crippen LogP contribution in [0.1, 0.15) is 33.2 Å². The van der Waals surface area contributed by atoms with E-state index in [1.165, 1.54) is 32.2 Å². The van der Waals surface area contributed by atoms with E-state index in [9.17, 15) is 9.59 Å². The van der Waals surface area contributed by atoms with Gasteiger partial charge in [0.2, 0.25) is 0 Å². The van der Waals surface area contributed by atoms with Crippen molar-refractivity contribution in [3.8, 4) is 17.6 Å². The molecule has 0 amide bonds. The molecule has 2 rings (SSSR count). The number of rotatable bonds is 4. The number of benzene rings is 2. The van der Waals surface area contributed by atoms with Gasteiger partial charge < -0.3 is 9.47 Å². The summed E-state index contributed by atoms with van der Waals surface area (Å²) in [6, 6.07) is 12.7. The van der Waals surface area contributed by atoms with E-state index < -0.39 is 5.97 Å². The monoisotopic (exact) mass is 295 g/mol. The molecule has 0 bridgehead atoms. The van der Waals surface area contributed by atoms with Crippen LogP contribution < -0.4 is 9.47 Å². The van der Waals surface area contributed by atoms with E-state index in [0.29, 0.717) is 11.1 Å². The van der Waals surface area contributed by atoms with E-state index in [1.54, 1.807) is 24.3 Å². The van der Waals surface area contributed by atoms with Gasteiger partial charge in [-0.05, 0) is 43.3 Å². The van der Waals surface area contributed by atoms with Gasteiger partial charge in [-0.25, -0.2) is 4.79 Å². The Morgan fingerprint density at radius 1 is 1.05 bits per heavy atom. The van der Waals surface area contributed by atoms with Gasteiger partial charge in [-0.3, -0.25) is 4.79 Å². The Morgan fingerprint density at radius 2 is 1.82 bits per heavy atom. The minimum atomic E-state index is -0.606. The van der Waals surface area contributed by atoms with Crippen molar-refractivity contribution in [3.63, 3.8) is 0 Å². The summed E-state index contributed by atoms with van der Waals surface area (Å²) in [5.41, 5.74) is 1.09. The maximum Gasteiger partial charge on any atom is 0.343 e. The topological polar surface area (TPSA) is 76.4 Å². The third-order valence-corrected chi connectivity index (χ3v) is 3.00. The molecule has 0 unspecified atom stereocenters. The molecule has 0 spiro atoms. The number of esters is 1. The van der Waals surface area contributed by atoms with Crippen molar-refractivity contribution in [2.45, 2.75) is 6.92 Å². The summed E-state index contributed by atoms with van der Waals surface area (Å²) >= 11 is 0. The number of ether oxygens (including phenoxy) is 2. The Morgan fingerprint density at radius 3 is 2.45 bits per heavy atom. The summed E-state index contributed by atoms with van der Waals surface area (Å²) < 4.78 is 10.4. The van der Waals surface area contributed by atoms with Gasteiger partial charge in [0.15, 0.2) is 17.3 Å². The van der Waals surface area contributed by atoms with E-state index in [0.717, 1.165) is 0 Å². The molecule has 2 aromatic carbocycles. The number of hydrogen-bond donors (Lipinski definition) is 0. The second-order valence-electron chi connectivity index (χ2n) is 4.50. The second-order valence-corrected chi connectivity index (χ2v) is 4.50. The zero-order chi connectivity index (χ0) is 16.1. The van der Waals surface area contributed by atoms with E-state index in [1.807, 2.05) is 6.07 Å². The van der Waals surface area contributed by atoms with Crippen LogP contribution in [0, 0.1) is 11.3 Å². The minimum absolute atomic E-state index is 0.113. The first-order valence-electron chi connectivity index (χ1n) is 6.46. The maximum absolute atomic E-state index is 12.1. The van der Waals surface area contributed by atoms with Crippen LogP contribution in [0.2, 0.25) is 0 Å². The molecule has 0 saturated carbocycles. The number of ketones is 1. The normalized spacial score (nSPS) is 9.68. The fourth-order valence-corrected chi connectivity index (χ4v) is 1.85. The zero-order valence-corrected chi connectivity index (χ0v) is 12.1. The number of hydrogen-bond acceptors (Lipinski definition) is 5. The maximum atomic E-state index is 12.1. The smallest absolute Gasteiger partial charge is 0.343 e.